The van der Waals surface area contributed by atoms with Gasteiger partial charge in [-0.3, -0.25) is 9.59 Å². The first-order valence-electron chi connectivity index (χ1n) is 13.3. The van der Waals surface area contributed by atoms with Crippen molar-refractivity contribution in [3.63, 3.8) is 0 Å². The lowest BCUT2D eigenvalue weighted by Gasteiger charge is -2.11. The van der Waals surface area contributed by atoms with Gasteiger partial charge in [0.25, 0.3) is 0 Å². The zero-order valence-electron chi connectivity index (χ0n) is 23.8. The van der Waals surface area contributed by atoms with Gasteiger partial charge >= 0.3 is 5.97 Å². The fourth-order valence-corrected chi connectivity index (χ4v) is 6.25. The highest BCUT2D eigenvalue weighted by Crippen LogP contribution is 2.29. The van der Waals surface area contributed by atoms with E-state index < -0.39 is 5.97 Å². The molecule has 0 saturated carbocycles. The Bertz CT molecular complexity index is 1610. The van der Waals surface area contributed by atoms with E-state index in [1.807, 2.05) is 93.6 Å². The molecule has 5 nitrogen and oxygen atoms in total. The topological polar surface area (TPSA) is 72.8 Å². The average molecular weight is 616 g/mol. The average Bonchev–Trinajstić information content (AvgIpc) is 2.95. The molecule has 8 heteroatoms. The molecule has 4 aromatic carbocycles. The van der Waals surface area contributed by atoms with Crippen molar-refractivity contribution in [3.8, 4) is 0 Å². The number of ketones is 2. The second-order valence-corrected chi connectivity index (χ2v) is 12.5. The van der Waals surface area contributed by atoms with Gasteiger partial charge in [-0.25, -0.2) is 4.79 Å². The number of Topliss-reactive ketones (excluding diaryl/α,β-unsaturated/α-hetero) is 1. The Morgan fingerprint density at radius 3 is 1.83 bits per heavy atom. The molecule has 0 aliphatic rings. The molecular formula is C34H30ClNO4S2. The van der Waals surface area contributed by atoms with Gasteiger partial charge in [0.2, 0.25) is 5.78 Å². The fourth-order valence-electron chi connectivity index (χ4n) is 4.45. The van der Waals surface area contributed by atoms with Gasteiger partial charge < -0.3 is 4.84 Å². The summed E-state index contributed by atoms with van der Waals surface area (Å²) in [5.74, 6) is -0.298. The highest BCUT2D eigenvalue weighted by atomic mass is 35.5. The Morgan fingerprint density at radius 2 is 1.29 bits per heavy atom. The quantitative estimate of drug-likeness (QED) is 0.0551. The summed E-state index contributed by atoms with van der Waals surface area (Å²) >= 11 is 9.04. The van der Waals surface area contributed by atoms with Crippen LogP contribution in [0.4, 0.5) is 0 Å². The largest absolute Gasteiger partial charge is 0.331 e. The standard InChI is InChI=1S/C34H30ClNO4S2/c1-21-19-22(2)32(23(3)20-21)34(39)26-7-13-30(14-8-26)42-29-11-5-25(6-12-29)33(38)31(36-40-24(4)37)17-18-41-28-15-9-27(35)10-16-28/h5-16,19-20H,17-18H2,1-4H3. The molecule has 214 valence electrons. The minimum absolute atomic E-state index is 0.0159. The number of oxime groups is 1. The summed E-state index contributed by atoms with van der Waals surface area (Å²) in [6.45, 7) is 7.21. The lowest BCUT2D eigenvalue weighted by Crippen LogP contribution is -2.16. The molecule has 0 saturated heterocycles. The summed E-state index contributed by atoms with van der Waals surface area (Å²) in [7, 11) is 0. The summed E-state index contributed by atoms with van der Waals surface area (Å²) < 4.78 is 0. The van der Waals surface area contributed by atoms with E-state index in [2.05, 4.69) is 5.16 Å². The Kier molecular flexibility index (Phi) is 10.8. The van der Waals surface area contributed by atoms with Gasteiger partial charge in [-0.1, -0.05) is 46.2 Å². The predicted octanol–water partition coefficient (Wildman–Crippen LogP) is 8.93. The maximum Gasteiger partial charge on any atom is 0.331 e. The molecule has 0 atom stereocenters. The van der Waals surface area contributed by atoms with Gasteiger partial charge in [0, 0.05) is 55.5 Å². The smallest absolute Gasteiger partial charge is 0.318 e. The van der Waals surface area contributed by atoms with E-state index in [4.69, 9.17) is 16.4 Å². The number of rotatable bonds is 11. The molecule has 0 spiro atoms. The number of benzene rings is 4. The van der Waals surface area contributed by atoms with E-state index in [0.29, 0.717) is 28.3 Å². The van der Waals surface area contributed by atoms with Crippen molar-refractivity contribution < 1.29 is 19.2 Å². The molecule has 0 aliphatic carbocycles. The SMILES string of the molecule is CC(=O)ON=C(CCSc1ccc(Cl)cc1)C(=O)c1ccc(Sc2ccc(C(=O)c3c(C)cc(C)cc3C)cc2)cc1. The number of aryl methyl sites for hydroxylation is 3. The van der Waals surface area contributed by atoms with Crippen LogP contribution in [-0.2, 0) is 9.63 Å². The maximum atomic E-state index is 13.2. The van der Waals surface area contributed by atoms with Gasteiger partial charge in [-0.15, -0.1) is 11.8 Å². The monoisotopic (exact) mass is 615 g/mol. The van der Waals surface area contributed by atoms with Crippen molar-refractivity contribution in [2.24, 2.45) is 5.16 Å². The number of hydrogen-bond donors (Lipinski definition) is 0. The lowest BCUT2D eigenvalue weighted by molar-refractivity contribution is -0.140. The number of halogens is 1. The van der Waals surface area contributed by atoms with Crippen molar-refractivity contribution >= 4 is 58.4 Å². The molecule has 4 aromatic rings. The number of carbonyl (C=O) groups is 3. The number of nitrogens with zero attached hydrogens (tertiary/aromatic N) is 1. The summed E-state index contributed by atoms with van der Waals surface area (Å²) in [5.41, 5.74) is 5.12. The van der Waals surface area contributed by atoms with E-state index in [1.54, 1.807) is 23.9 Å². The third-order valence-electron chi connectivity index (χ3n) is 6.34. The Morgan fingerprint density at radius 1 is 0.762 bits per heavy atom. The van der Waals surface area contributed by atoms with Crippen molar-refractivity contribution in [2.45, 2.75) is 48.8 Å². The van der Waals surface area contributed by atoms with Crippen LogP contribution in [-0.4, -0.2) is 29.0 Å². The molecule has 4 rings (SSSR count). The molecular weight excluding hydrogens is 586 g/mol. The number of hydrogen-bond acceptors (Lipinski definition) is 7. The third-order valence-corrected chi connectivity index (χ3v) is 8.62. The number of thioether (sulfide) groups is 1. The van der Waals surface area contributed by atoms with Crippen LogP contribution in [0.2, 0.25) is 5.02 Å². The van der Waals surface area contributed by atoms with Crippen molar-refractivity contribution in [3.05, 3.63) is 123 Å². The van der Waals surface area contributed by atoms with E-state index >= 15 is 0 Å². The van der Waals surface area contributed by atoms with E-state index in [0.717, 1.165) is 36.9 Å². The first-order chi connectivity index (χ1) is 20.1. The molecule has 0 bridgehead atoms. The molecule has 0 aromatic heterocycles. The molecule has 0 aliphatic heterocycles. The Hall–Kier alpha value is -3.65. The van der Waals surface area contributed by atoms with Crippen LogP contribution < -0.4 is 0 Å². The van der Waals surface area contributed by atoms with Crippen LogP contribution in [0.1, 0.15) is 56.3 Å². The summed E-state index contributed by atoms with van der Waals surface area (Å²) in [5, 5.41) is 4.50. The predicted molar refractivity (Wildman–Crippen MR) is 171 cm³/mol. The third kappa shape index (κ3) is 8.44. The summed E-state index contributed by atoms with van der Waals surface area (Å²) in [4.78, 5) is 45.5. The number of carbonyl (C=O) groups excluding carboxylic acids is 3. The summed E-state index contributed by atoms with van der Waals surface area (Å²) in [6, 6.07) is 26.3. The Labute approximate surface area is 259 Å². The van der Waals surface area contributed by atoms with Gasteiger partial charge in [-0.05, 0) is 105 Å². The van der Waals surface area contributed by atoms with E-state index in [-0.39, 0.29) is 17.3 Å². The van der Waals surface area contributed by atoms with Crippen LogP contribution >= 0.6 is 35.1 Å². The van der Waals surface area contributed by atoms with Crippen LogP contribution in [0.25, 0.3) is 0 Å². The van der Waals surface area contributed by atoms with Gasteiger partial charge in [-0.2, -0.15) is 0 Å². The zero-order valence-corrected chi connectivity index (χ0v) is 26.2. The molecule has 0 unspecified atom stereocenters. The van der Waals surface area contributed by atoms with Gasteiger partial charge in [0.05, 0.1) is 0 Å². The van der Waals surface area contributed by atoms with Crippen LogP contribution in [0.3, 0.4) is 0 Å². The highest BCUT2D eigenvalue weighted by molar-refractivity contribution is 7.99. The van der Waals surface area contributed by atoms with Gasteiger partial charge in [0.1, 0.15) is 5.71 Å². The van der Waals surface area contributed by atoms with Crippen LogP contribution in [0, 0.1) is 20.8 Å². The fraction of sp³-hybridized carbons (Fsp3) is 0.176. The molecule has 42 heavy (non-hydrogen) atoms. The van der Waals surface area contributed by atoms with Crippen molar-refractivity contribution in [1.29, 1.82) is 0 Å². The van der Waals surface area contributed by atoms with Crippen molar-refractivity contribution in [2.75, 3.05) is 5.75 Å². The molecule has 0 radical (unpaired) electrons. The first kappa shape index (κ1) is 31.3. The van der Waals surface area contributed by atoms with E-state index in [1.165, 1.54) is 18.7 Å². The van der Waals surface area contributed by atoms with Crippen molar-refractivity contribution in [1.82, 2.24) is 0 Å². The second kappa shape index (κ2) is 14.5. The van der Waals surface area contributed by atoms with Gasteiger partial charge in [0.15, 0.2) is 5.78 Å². The lowest BCUT2D eigenvalue weighted by atomic mass is 9.93. The van der Waals surface area contributed by atoms with E-state index in [9.17, 15) is 14.4 Å². The molecule has 0 amide bonds. The summed E-state index contributed by atoms with van der Waals surface area (Å²) in [6.07, 6.45) is 0.322. The normalized spacial score (nSPS) is 11.3. The highest BCUT2D eigenvalue weighted by Gasteiger charge is 2.17. The molecule has 0 heterocycles. The first-order valence-corrected chi connectivity index (χ1v) is 15.5. The van der Waals surface area contributed by atoms with Crippen LogP contribution in [0.5, 0.6) is 0 Å². The van der Waals surface area contributed by atoms with Crippen LogP contribution in [0.15, 0.2) is 105 Å². The zero-order chi connectivity index (χ0) is 30.2. The Balaban J connectivity index is 1.41. The minimum atomic E-state index is -0.589. The maximum absolute atomic E-state index is 13.2. The second-order valence-electron chi connectivity index (χ2n) is 9.76. The minimum Gasteiger partial charge on any atom is -0.318 e. The molecule has 0 fully saturated rings. The molecule has 0 N–H and O–H groups in total.